The van der Waals surface area contributed by atoms with Crippen LogP contribution in [-0.4, -0.2) is 30.4 Å². The highest BCUT2D eigenvalue weighted by Crippen LogP contribution is 2.05. The SMILES string of the molecule is C[C@H](NC(=O)c1ccco1)C(=O)OCC(=O)NCc1ccccc1F. The summed E-state index contributed by atoms with van der Waals surface area (Å²) in [6, 6.07) is 8.03. The number of rotatable bonds is 7. The Balaban J connectivity index is 1.72. The maximum absolute atomic E-state index is 13.4. The van der Waals surface area contributed by atoms with E-state index in [2.05, 4.69) is 10.6 Å². The van der Waals surface area contributed by atoms with E-state index in [4.69, 9.17) is 9.15 Å². The lowest BCUT2D eigenvalue weighted by molar-refractivity contribution is -0.150. The third kappa shape index (κ3) is 5.45. The van der Waals surface area contributed by atoms with Crippen molar-refractivity contribution in [1.29, 1.82) is 0 Å². The summed E-state index contributed by atoms with van der Waals surface area (Å²) >= 11 is 0. The Labute approximate surface area is 143 Å². The van der Waals surface area contributed by atoms with Crippen LogP contribution in [0.5, 0.6) is 0 Å². The molecular weight excluding hydrogens is 331 g/mol. The van der Waals surface area contributed by atoms with Gasteiger partial charge in [-0.05, 0) is 25.1 Å². The lowest BCUT2D eigenvalue weighted by Crippen LogP contribution is -2.40. The van der Waals surface area contributed by atoms with Gasteiger partial charge in [0.25, 0.3) is 11.8 Å². The highest BCUT2D eigenvalue weighted by molar-refractivity contribution is 5.94. The summed E-state index contributed by atoms with van der Waals surface area (Å²) in [6.45, 7) is 0.864. The van der Waals surface area contributed by atoms with Crippen LogP contribution in [0.15, 0.2) is 47.1 Å². The fourth-order valence-electron chi connectivity index (χ4n) is 1.88. The van der Waals surface area contributed by atoms with E-state index in [0.29, 0.717) is 5.56 Å². The van der Waals surface area contributed by atoms with Crippen molar-refractivity contribution in [2.75, 3.05) is 6.61 Å². The lowest BCUT2D eigenvalue weighted by Gasteiger charge is -2.12. The van der Waals surface area contributed by atoms with Gasteiger partial charge in [0.15, 0.2) is 12.4 Å². The number of carbonyl (C=O) groups is 3. The molecule has 1 heterocycles. The molecule has 2 amide bonds. The van der Waals surface area contributed by atoms with Crippen LogP contribution in [0.3, 0.4) is 0 Å². The second-order valence-corrected chi connectivity index (χ2v) is 5.15. The van der Waals surface area contributed by atoms with Crippen LogP contribution in [0, 0.1) is 5.82 Å². The van der Waals surface area contributed by atoms with Gasteiger partial charge in [0.2, 0.25) is 0 Å². The lowest BCUT2D eigenvalue weighted by atomic mass is 10.2. The summed E-state index contributed by atoms with van der Waals surface area (Å²) < 4.78 is 23.1. The van der Waals surface area contributed by atoms with Gasteiger partial charge in [0, 0.05) is 12.1 Å². The number of amides is 2. The minimum Gasteiger partial charge on any atom is -0.459 e. The Morgan fingerprint density at radius 1 is 1.20 bits per heavy atom. The molecule has 25 heavy (non-hydrogen) atoms. The number of esters is 1. The third-order valence-electron chi connectivity index (χ3n) is 3.23. The van der Waals surface area contributed by atoms with Gasteiger partial charge >= 0.3 is 5.97 Å². The van der Waals surface area contributed by atoms with E-state index in [1.807, 2.05) is 0 Å². The van der Waals surface area contributed by atoms with Gasteiger partial charge in [-0.2, -0.15) is 0 Å². The minimum absolute atomic E-state index is 0.0200. The van der Waals surface area contributed by atoms with E-state index >= 15 is 0 Å². The minimum atomic E-state index is -0.961. The van der Waals surface area contributed by atoms with Crippen molar-refractivity contribution in [3.05, 3.63) is 59.8 Å². The molecule has 0 aliphatic rings. The molecule has 7 nitrogen and oxygen atoms in total. The van der Waals surface area contributed by atoms with Crippen LogP contribution in [0.2, 0.25) is 0 Å². The quantitative estimate of drug-likeness (QED) is 0.737. The number of nitrogens with one attached hydrogen (secondary N) is 2. The van der Waals surface area contributed by atoms with Crippen LogP contribution in [0.1, 0.15) is 23.0 Å². The number of halogens is 1. The van der Waals surface area contributed by atoms with E-state index in [9.17, 15) is 18.8 Å². The van der Waals surface area contributed by atoms with Crippen LogP contribution < -0.4 is 10.6 Å². The number of carbonyl (C=O) groups excluding carboxylic acids is 3. The summed E-state index contributed by atoms with van der Waals surface area (Å²) in [4.78, 5) is 35.1. The summed E-state index contributed by atoms with van der Waals surface area (Å²) in [6.07, 6.45) is 1.33. The standard InChI is InChI=1S/C17H17FN2O5/c1-11(20-16(22)14-7-4-8-24-14)17(23)25-10-15(21)19-9-12-5-2-3-6-13(12)18/h2-8,11H,9-10H2,1H3,(H,19,21)(H,20,22)/t11-/m0/s1. The van der Waals surface area contributed by atoms with Crippen LogP contribution in [0.4, 0.5) is 4.39 Å². The Morgan fingerprint density at radius 3 is 2.64 bits per heavy atom. The van der Waals surface area contributed by atoms with E-state index in [-0.39, 0.29) is 12.3 Å². The number of benzene rings is 1. The van der Waals surface area contributed by atoms with Crippen molar-refractivity contribution >= 4 is 17.8 Å². The molecule has 2 N–H and O–H groups in total. The average molecular weight is 348 g/mol. The molecule has 2 aromatic rings. The highest BCUT2D eigenvalue weighted by atomic mass is 19.1. The maximum Gasteiger partial charge on any atom is 0.328 e. The van der Waals surface area contributed by atoms with Crippen LogP contribution in [0.25, 0.3) is 0 Å². The van der Waals surface area contributed by atoms with Crippen molar-refractivity contribution in [2.45, 2.75) is 19.5 Å². The fourth-order valence-corrected chi connectivity index (χ4v) is 1.88. The molecule has 0 radical (unpaired) electrons. The van der Waals surface area contributed by atoms with Crippen molar-refractivity contribution in [3.8, 4) is 0 Å². The van der Waals surface area contributed by atoms with Crippen molar-refractivity contribution < 1.29 is 27.9 Å². The van der Waals surface area contributed by atoms with Gasteiger partial charge < -0.3 is 19.8 Å². The second-order valence-electron chi connectivity index (χ2n) is 5.15. The van der Waals surface area contributed by atoms with E-state index in [0.717, 1.165) is 0 Å². The zero-order valence-corrected chi connectivity index (χ0v) is 13.5. The Bertz CT molecular complexity index is 745. The molecule has 0 unspecified atom stereocenters. The molecule has 2 rings (SSSR count). The van der Waals surface area contributed by atoms with Gasteiger partial charge in [0.1, 0.15) is 11.9 Å². The first-order valence-electron chi connectivity index (χ1n) is 7.48. The molecule has 0 aliphatic carbocycles. The van der Waals surface area contributed by atoms with E-state index < -0.39 is 36.2 Å². The van der Waals surface area contributed by atoms with E-state index in [1.165, 1.54) is 37.5 Å². The molecule has 1 aromatic heterocycles. The third-order valence-corrected chi connectivity index (χ3v) is 3.23. The van der Waals surface area contributed by atoms with Gasteiger partial charge in [-0.25, -0.2) is 9.18 Å². The Morgan fingerprint density at radius 2 is 1.96 bits per heavy atom. The molecule has 0 aliphatic heterocycles. The van der Waals surface area contributed by atoms with Crippen LogP contribution >= 0.6 is 0 Å². The Kier molecular flexibility index (Phi) is 6.27. The number of furan rings is 1. The van der Waals surface area contributed by atoms with Gasteiger partial charge in [-0.3, -0.25) is 9.59 Å². The monoisotopic (exact) mass is 348 g/mol. The first-order chi connectivity index (χ1) is 12.0. The molecule has 0 spiro atoms. The summed E-state index contributed by atoms with van der Waals surface area (Å²) in [5.74, 6) is -2.31. The van der Waals surface area contributed by atoms with Crippen molar-refractivity contribution in [3.63, 3.8) is 0 Å². The van der Waals surface area contributed by atoms with Crippen LogP contribution in [-0.2, 0) is 20.9 Å². The Hall–Kier alpha value is -3.16. The molecule has 0 fully saturated rings. The molecule has 0 bridgehead atoms. The number of hydrogen-bond acceptors (Lipinski definition) is 5. The molecular formula is C17H17FN2O5. The van der Waals surface area contributed by atoms with Gasteiger partial charge in [-0.1, -0.05) is 18.2 Å². The first-order valence-corrected chi connectivity index (χ1v) is 7.48. The first kappa shape index (κ1) is 18.2. The van der Waals surface area contributed by atoms with Gasteiger partial charge in [0.05, 0.1) is 6.26 Å². The summed E-state index contributed by atoms with van der Waals surface area (Å²) in [5.41, 5.74) is 0.321. The van der Waals surface area contributed by atoms with E-state index in [1.54, 1.807) is 12.1 Å². The van der Waals surface area contributed by atoms with Gasteiger partial charge in [-0.15, -0.1) is 0 Å². The highest BCUT2D eigenvalue weighted by Gasteiger charge is 2.20. The molecule has 0 saturated carbocycles. The smallest absolute Gasteiger partial charge is 0.328 e. The zero-order chi connectivity index (χ0) is 18.2. The zero-order valence-electron chi connectivity index (χ0n) is 13.5. The topological polar surface area (TPSA) is 97.6 Å². The predicted molar refractivity (Wildman–Crippen MR) is 84.8 cm³/mol. The summed E-state index contributed by atoms with van der Waals surface area (Å²) in [7, 11) is 0. The molecule has 1 aromatic carbocycles. The number of hydrogen-bond donors (Lipinski definition) is 2. The second kappa shape index (κ2) is 8.62. The maximum atomic E-state index is 13.4. The predicted octanol–water partition coefficient (Wildman–Crippen LogP) is 1.40. The normalized spacial score (nSPS) is 11.4. The van der Waals surface area contributed by atoms with Crippen molar-refractivity contribution in [2.24, 2.45) is 0 Å². The molecule has 0 saturated heterocycles. The largest absolute Gasteiger partial charge is 0.459 e. The molecule has 8 heteroatoms. The molecule has 132 valence electrons. The summed E-state index contributed by atoms with van der Waals surface area (Å²) in [5, 5.41) is 4.82. The average Bonchev–Trinajstić information content (AvgIpc) is 3.13. The number of ether oxygens (including phenoxy) is 1. The fraction of sp³-hybridized carbons (Fsp3) is 0.235. The van der Waals surface area contributed by atoms with Crippen molar-refractivity contribution in [1.82, 2.24) is 10.6 Å². The molecule has 1 atom stereocenters.